The van der Waals surface area contributed by atoms with Crippen molar-refractivity contribution in [3.8, 4) is 11.5 Å². The number of likely N-dealkylation sites (tertiary alicyclic amines) is 1. The van der Waals surface area contributed by atoms with Gasteiger partial charge in [0.1, 0.15) is 11.5 Å². The molecule has 0 aliphatic carbocycles. The van der Waals surface area contributed by atoms with Gasteiger partial charge in [0.2, 0.25) is 0 Å². The highest BCUT2D eigenvalue weighted by Gasteiger charge is 2.42. The molecule has 0 bridgehead atoms. The van der Waals surface area contributed by atoms with Crippen molar-refractivity contribution in [2.24, 2.45) is 5.92 Å². The summed E-state index contributed by atoms with van der Waals surface area (Å²) in [6.07, 6.45) is 1.73. The second-order valence-corrected chi connectivity index (χ2v) is 7.28. The van der Waals surface area contributed by atoms with Gasteiger partial charge < -0.3 is 19.9 Å². The van der Waals surface area contributed by atoms with Crippen LogP contribution in [0.2, 0.25) is 0 Å². The van der Waals surface area contributed by atoms with E-state index in [1.54, 1.807) is 0 Å². The Balaban J connectivity index is 1.75. The van der Waals surface area contributed by atoms with E-state index in [9.17, 15) is 5.11 Å². The summed E-state index contributed by atoms with van der Waals surface area (Å²) in [4.78, 5) is 2.45. The third-order valence-corrected chi connectivity index (χ3v) is 5.65. The van der Waals surface area contributed by atoms with E-state index in [-0.39, 0.29) is 0 Å². The molecule has 2 fully saturated rings. The van der Waals surface area contributed by atoms with E-state index in [1.165, 1.54) is 5.56 Å². The average Bonchev–Trinajstić information content (AvgIpc) is 2.60. The summed E-state index contributed by atoms with van der Waals surface area (Å²) >= 11 is 0. The van der Waals surface area contributed by atoms with Gasteiger partial charge in [-0.1, -0.05) is 6.07 Å². The van der Waals surface area contributed by atoms with Crippen molar-refractivity contribution in [2.75, 3.05) is 39.4 Å². The Morgan fingerprint density at radius 1 is 1.24 bits per heavy atom. The van der Waals surface area contributed by atoms with Gasteiger partial charge in [-0.05, 0) is 46.2 Å². The predicted octanol–water partition coefficient (Wildman–Crippen LogP) is 2.34. The fourth-order valence-electron chi connectivity index (χ4n) is 4.19. The van der Waals surface area contributed by atoms with Gasteiger partial charge in [-0.2, -0.15) is 0 Å². The van der Waals surface area contributed by atoms with E-state index in [2.05, 4.69) is 29.3 Å². The molecule has 2 unspecified atom stereocenters. The molecule has 140 valence electrons. The zero-order valence-corrected chi connectivity index (χ0v) is 15.8. The van der Waals surface area contributed by atoms with E-state index in [0.717, 1.165) is 62.6 Å². The molecule has 0 amide bonds. The number of aliphatic hydroxyl groups is 1. The molecule has 1 aromatic rings. The number of piperidine rings is 2. The third kappa shape index (κ3) is 3.94. The Morgan fingerprint density at radius 2 is 2.04 bits per heavy atom. The Morgan fingerprint density at radius 3 is 2.80 bits per heavy atom. The molecule has 2 N–H and O–H groups in total. The largest absolute Gasteiger partial charge is 0.493 e. The van der Waals surface area contributed by atoms with Crippen LogP contribution in [0.5, 0.6) is 11.5 Å². The molecule has 1 aromatic carbocycles. The maximum atomic E-state index is 10.8. The van der Waals surface area contributed by atoms with Gasteiger partial charge in [0.25, 0.3) is 0 Å². The Hall–Kier alpha value is -1.30. The number of ether oxygens (including phenoxy) is 2. The third-order valence-electron chi connectivity index (χ3n) is 5.65. The zero-order chi connectivity index (χ0) is 17.9. The molecule has 2 atom stereocenters. The lowest BCUT2D eigenvalue weighted by molar-refractivity contribution is -0.0900. The summed E-state index contributed by atoms with van der Waals surface area (Å²) in [5.74, 6) is 2.17. The van der Waals surface area contributed by atoms with Gasteiger partial charge in [0, 0.05) is 43.2 Å². The molecule has 2 saturated heterocycles. The van der Waals surface area contributed by atoms with Crippen molar-refractivity contribution >= 4 is 0 Å². The molecule has 2 aliphatic rings. The van der Waals surface area contributed by atoms with Crippen molar-refractivity contribution in [1.82, 2.24) is 10.2 Å². The Kier molecular flexibility index (Phi) is 5.87. The highest BCUT2D eigenvalue weighted by Crippen LogP contribution is 2.36. The SMILES string of the molecule is CCOc1ccc(CN2CCC3(O)CCNCC3C2)c(OCC)c1C. The molecular formula is C20H32N2O3. The minimum absolute atomic E-state index is 0.314. The highest BCUT2D eigenvalue weighted by atomic mass is 16.5. The summed E-state index contributed by atoms with van der Waals surface area (Å²) in [6.45, 7) is 12.0. The smallest absolute Gasteiger partial charge is 0.130 e. The first kappa shape index (κ1) is 18.5. The lowest BCUT2D eigenvalue weighted by atomic mass is 9.76. The molecule has 0 saturated carbocycles. The minimum atomic E-state index is -0.473. The van der Waals surface area contributed by atoms with Crippen molar-refractivity contribution in [2.45, 2.75) is 45.8 Å². The van der Waals surface area contributed by atoms with Gasteiger partial charge in [0.05, 0.1) is 18.8 Å². The lowest BCUT2D eigenvalue weighted by Gasteiger charge is -2.47. The fourth-order valence-corrected chi connectivity index (χ4v) is 4.19. The van der Waals surface area contributed by atoms with Crippen LogP contribution in [-0.2, 0) is 6.54 Å². The topological polar surface area (TPSA) is 54.0 Å². The van der Waals surface area contributed by atoms with E-state index in [4.69, 9.17) is 9.47 Å². The molecule has 2 heterocycles. The van der Waals surface area contributed by atoms with Crippen LogP contribution in [0.4, 0.5) is 0 Å². The number of hydrogen-bond donors (Lipinski definition) is 2. The average molecular weight is 348 g/mol. The number of rotatable bonds is 6. The predicted molar refractivity (Wildman–Crippen MR) is 99.3 cm³/mol. The van der Waals surface area contributed by atoms with Crippen LogP contribution in [0.1, 0.15) is 37.8 Å². The summed E-state index contributed by atoms with van der Waals surface area (Å²) in [6, 6.07) is 4.18. The second-order valence-electron chi connectivity index (χ2n) is 7.28. The lowest BCUT2D eigenvalue weighted by Crippen LogP contribution is -2.58. The van der Waals surface area contributed by atoms with Crippen LogP contribution < -0.4 is 14.8 Å². The molecular weight excluding hydrogens is 316 g/mol. The zero-order valence-electron chi connectivity index (χ0n) is 15.8. The summed E-state index contributed by atoms with van der Waals surface area (Å²) < 4.78 is 11.7. The molecule has 0 aromatic heterocycles. The Bertz CT molecular complexity index is 593. The minimum Gasteiger partial charge on any atom is -0.493 e. The normalized spacial score (nSPS) is 27.0. The monoisotopic (exact) mass is 348 g/mol. The number of fused-ring (bicyclic) bond motifs is 1. The van der Waals surface area contributed by atoms with E-state index < -0.39 is 5.60 Å². The number of benzene rings is 1. The van der Waals surface area contributed by atoms with Crippen LogP contribution in [0.3, 0.4) is 0 Å². The second kappa shape index (κ2) is 7.94. The van der Waals surface area contributed by atoms with E-state index in [1.807, 2.05) is 13.8 Å². The van der Waals surface area contributed by atoms with Gasteiger partial charge in [0.15, 0.2) is 0 Å². The number of hydrogen-bond acceptors (Lipinski definition) is 5. The first-order valence-corrected chi connectivity index (χ1v) is 9.61. The van der Waals surface area contributed by atoms with Gasteiger partial charge in [-0.15, -0.1) is 0 Å². The van der Waals surface area contributed by atoms with Gasteiger partial charge in [-0.3, -0.25) is 4.90 Å². The maximum Gasteiger partial charge on any atom is 0.130 e. The quantitative estimate of drug-likeness (QED) is 0.826. The molecule has 2 aliphatic heterocycles. The molecule has 5 nitrogen and oxygen atoms in total. The number of nitrogens with zero attached hydrogens (tertiary/aromatic N) is 1. The maximum absolute atomic E-state index is 10.8. The van der Waals surface area contributed by atoms with Crippen molar-refractivity contribution < 1.29 is 14.6 Å². The summed E-state index contributed by atoms with van der Waals surface area (Å²) in [7, 11) is 0. The molecule has 0 spiro atoms. The molecule has 5 heteroatoms. The fraction of sp³-hybridized carbons (Fsp3) is 0.700. The standard InChI is InChI=1S/C20H32N2O3/c1-4-24-18-7-6-16(19(15(18)3)25-5-2)13-22-11-9-20(23)8-10-21-12-17(20)14-22/h6-7,17,21,23H,4-5,8-14H2,1-3H3. The van der Waals surface area contributed by atoms with Crippen LogP contribution in [0.15, 0.2) is 12.1 Å². The van der Waals surface area contributed by atoms with Crippen molar-refractivity contribution in [3.63, 3.8) is 0 Å². The molecule has 25 heavy (non-hydrogen) atoms. The van der Waals surface area contributed by atoms with Crippen LogP contribution in [0.25, 0.3) is 0 Å². The van der Waals surface area contributed by atoms with Crippen molar-refractivity contribution in [3.05, 3.63) is 23.3 Å². The first-order chi connectivity index (χ1) is 12.1. The molecule has 0 radical (unpaired) electrons. The number of nitrogens with one attached hydrogen (secondary N) is 1. The van der Waals surface area contributed by atoms with Crippen molar-refractivity contribution in [1.29, 1.82) is 0 Å². The summed E-state index contributed by atoms with van der Waals surface area (Å²) in [5, 5.41) is 14.3. The Labute approximate surface area is 151 Å². The molecule has 3 rings (SSSR count). The first-order valence-electron chi connectivity index (χ1n) is 9.61. The van der Waals surface area contributed by atoms with E-state index in [0.29, 0.717) is 19.1 Å². The van der Waals surface area contributed by atoms with Crippen LogP contribution >= 0.6 is 0 Å². The van der Waals surface area contributed by atoms with Gasteiger partial charge in [-0.25, -0.2) is 0 Å². The van der Waals surface area contributed by atoms with Gasteiger partial charge >= 0.3 is 0 Å². The highest BCUT2D eigenvalue weighted by molar-refractivity contribution is 5.49. The van der Waals surface area contributed by atoms with Crippen LogP contribution in [0, 0.1) is 12.8 Å². The summed E-state index contributed by atoms with van der Waals surface area (Å²) in [5.41, 5.74) is 1.81. The van der Waals surface area contributed by atoms with Crippen LogP contribution in [-0.4, -0.2) is 55.0 Å². The van der Waals surface area contributed by atoms with E-state index >= 15 is 0 Å².